The number of nitrogens with zero attached hydrogens (tertiary/aromatic N) is 1. The third-order valence-corrected chi connectivity index (χ3v) is 4.19. The molecule has 2 rings (SSSR count). The largest absolute Gasteiger partial charge is 0.389 e. The predicted molar refractivity (Wildman–Crippen MR) is 90.9 cm³/mol. The van der Waals surface area contributed by atoms with E-state index in [1.807, 2.05) is 24.0 Å². The molecule has 1 unspecified atom stereocenters. The summed E-state index contributed by atoms with van der Waals surface area (Å²) in [6.45, 7) is 3.52. The maximum Gasteiger partial charge on any atom is 0.244 e. The lowest BCUT2D eigenvalue weighted by molar-refractivity contribution is -0.132. The number of benzene rings is 1. The molecule has 4 nitrogen and oxygen atoms in total. The Morgan fingerprint density at radius 1 is 1.38 bits per heavy atom. The first-order chi connectivity index (χ1) is 10.0. The Kier molecular flexibility index (Phi) is 5.42. The van der Waals surface area contributed by atoms with E-state index in [9.17, 15) is 4.79 Å². The third kappa shape index (κ3) is 3.86. The minimum absolute atomic E-state index is 0.101. The summed E-state index contributed by atoms with van der Waals surface area (Å²) < 4.78 is 0. The fraction of sp³-hybridized carbons (Fsp3) is 0.467. The monoisotopic (exact) mass is 325 g/mol. The Morgan fingerprint density at radius 2 is 2.05 bits per heavy atom. The molecule has 0 radical (unpaired) electrons. The van der Waals surface area contributed by atoms with Gasteiger partial charge in [-0.2, -0.15) is 0 Å². The molecule has 1 fully saturated rings. The van der Waals surface area contributed by atoms with Crippen LogP contribution in [0, 0.1) is 0 Å². The van der Waals surface area contributed by atoms with Crippen LogP contribution in [0.4, 0.5) is 5.69 Å². The lowest BCUT2D eigenvalue weighted by Crippen LogP contribution is -2.44. The maximum absolute atomic E-state index is 12.4. The molecule has 1 aliphatic heterocycles. The highest BCUT2D eigenvalue weighted by Crippen LogP contribution is 2.25. The van der Waals surface area contributed by atoms with Gasteiger partial charge in [-0.15, -0.1) is 0 Å². The number of rotatable bonds is 4. The van der Waals surface area contributed by atoms with Crippen molar-refractivity contribution in [2.75, 3.05) is 18.4 Å². The number of thiocarbonyl (C=S) groups is 1. The Hall–Kier alpha value is -1.33. The van der Waals surface area contributed by atoms with Crippen molar-refractivity contribution >= 4 is 40.4 Å². The van der Waals surface area contributed by atoms with E-state index in [4.69, 9.17) is 29.6 Å². The smallest absolute Gasteiger partial charge is 0.244 e. The van der Waals surface area contributed by atoms with E-state index in [2.05, 4.69) is 5.32 Å². The first-order valence-electron chi connectivity index (χ1n) is 7.14. The standard InChI is InChI=1S/C15H20ClN3OS/c1-10(15(20)19-8-3-2-4-9-19)18-12-7-5-6-11(16)13(12)14(17)21/h5-7,10,18H,2-4,8-9H2,1H3,(H2,17,21). The average Bonchev–Trinajstić information content (AvgIpc) is 2.47. The fourth-order valence-corrected chi connectivity index (χ4v) is 3.13. The number of carbonyl (C=O) groups is 1. The van der Waals surface area contributed by atoms with Crippen LogP contribution in [0.25, 0.3) is 0 Å². The van der Waals surface area contributed by atoms with Gasteiger partial charge in [0.1, 0.15) is 11.0 Å². The Morgan fingerprint density at radius 3 is 2.67 bits per heavy atom. The number of halogens is 1. The van der Waals surface area contributed by atoms with Crippen LogP contribution in [0.1, 0.15) is 31.7 Å². The average molecular weight is 326 g/mol. The van der Waals surface area contributed by atoms with E-state index in [1.54, 1.807) is 6.07 Å². The number of piperidine rings is 1. The highest BCUT2D eigenvalue weighted by atomic mass is 35.5. The van der Waals surface area contributed by atoms with Gasteiger partial charge in [0.25, 0.3) is 0 Å². The van der Waals surface area contributed by atoms with E-state index in [-0.39, 0.29) is 16.9 Å². The number of amides is 1. The number of hydrogen-bond acceptors (Lipinski definition) is 3. The molecule has 1 amide bonds. The van der Waals surface area contributed by atoms with E-state index in [0.29, 0.717) is 16.3 Å². The zero-order valence-corrected chi connectivity index (χ0v) is 13.6. The number of carbonyl (C=O) groups excluding carboxylic acids is 1. The zero-order chi connectivity index (χ0) is 15.4. The van der Waals surface area contributed by atoms with Crippen LogP contribution in [-0.2, 0) is 4.79 Å². The number of anilines is 1. The highest BCUT2D eigenvalue weighted by molar-refractivity contribution is 7.80. The van der Waals surface area contributed by atoms with Crippen LogP contribution < -0.4 is 11.1 Å². The summed E-state index contributed by atoms with van der Waals surface area (Å²) in [7, 11) is 0. The molecule has 1 heterocycles. The van der Waals surface area contributed by atoms with Crippen LogP contribution in [0.5, 0.6) is 0 Å². The van der Waals surface area contributed by atoms with Crippen LogP contribution in [0.3, 0.4) is 0 Å². The van der Waals surface area contributed by atoms with E-state index in [0.717, 1.165) is 25.9 Å². The second-order valence-corrected chi connectivity index (χ2v) is 6.13. The van der Waals surface area contributed by atoms with Crippen molar-refractivity contribution in [3.63, 3.8) is 0 Å². The van der Waals surface area contributed by atoms with Gasteiger partial charge in [-0.25, -0.2) is 0 Å². The molecule has 1 aromatic carbocycles. The van der Waals surface area contributed by atoms with Crippen molar-refractivity contribution in [1.82, 2.24) is 4.90 Å². The quantitative estimate of drug-likeness (QED) is 0.836. The Bertz CT molecular complexity index is 544. The molecule has 114 valence electrons. The van der Waals surface area contributed by atoms with Gasteiger partial charge in [0.05, 0.1) is 10.6 Å². The third-order valence-electron chi connectivity index (χ3n) is 3.67. The van der Waals surface area contributed by atoms with Gasteiger partial charge in [0.15, 0.2) is 0 Å². The van der Waals surface area contributed by atoms with Gasteiger partial charge in [-0.1, -0.05) is 29.9 Å². The van der Waals surface area contributed by atoms with Crippen molar-refractivity contribution in [1.29, 1.82) is 0 Å². The van der Waals surface area contributed by atoms with E-state index < -0.39 is 0 Å². The molecule has 0 aliphatic carbocycles. The molecule has 0 saturated carbocycles. The zero-order valence-electron chi connectivity index (χ0n) is 12.1. The summed E-state index contributed by atoms with van der Waals surface area (Å²) in [5.74, 6) is 0.101. The molecule has 21 heavy (non-hydrogen) atoms. The van der Waals surface area contributed by atoms with Gasteiger partial charge in [0.2, 0.25) is 5.91 Å². The molecular formula is C15H20ClN3OS. The first kappa shape index (κ1) is 16.0. The second kappa shape index (κ2) is 7.09. The first-order valence-corrected chi connectivity index (χ1v) is 7.93. The highest BCUT2D eigenvalue weighted by Gasteiger charge is 2.23. The summed E-state index contributed by atoms with van der Waals surface area (Å²) >= 11 is 11.2. The SMILES string of the molecule is CC(Nc1cccc(Cl)c1C(N)=S)C(=O)N1CCCCC1. The second-order valence-electron chi connectivity index (χ2n) is 5.28. The van der Waals surface area contributed by atoms with Crippen LogP contribution in [-0.4, -0.2) is 34.9 Å². The van der Waals surface area contributed by atoms with Crippen LogP contribution in [0.15, 0.2) is 18.2 Å². The lowest BCUT2D eigenvalue weighted by atomic mass is 10.1. The van der Waals surface area contributed by atoms with Gasteiger partial charge >= 0.3 is 0 Å². The molecule has 6 heteroatoms. The normalized spacial score (nSPS) is 16.4. The van der Waals surface area contributed by atoms with Crippen LogP contribution in [0.2, 0.25) is 5.02 Å². The molecule has 0 spiro atoms. The minimum Gasteiger partial charge on any atom is -0.389 e. The molecule has 1 aromatic rings. The predicted octanol–water partition coefficient (Wildman–Crippen LogP) is 2.79. The van der Waals surface area contributed by atoms with E-state index in [1.165, 1.54) is 6.42 Å². The molecule has 0 aromatic heterocycles. The van der Waals surface area contributed by atoms with Crippen molar-refractivity contribution in [3.05, 3.63) is 28.8 Å². The molecule has 3 N–H and O–H groups in total. The lowest BCUT2D eigenvalue weighted by Gasteiger charge is -2.30. The molecular weight excluding hydrogens is 306 g/mol. The Balaban J connectivity index is 2.12. The molecule has 1 atom stereocenters. The number of likely N-dealkylation sites (tertiary alicyclic amines) is 1. The number of nitrogens with one attached hydrogen (secondary N) is 1. The number of nitrogens with two attached hydrogens (primary N) is 1. The van der Waals surface area contributed by atoms with Crippen molar-refractivity contribution in [3.8, 4) is 0 Å². The van der Waals surface area contributed by atoms with Gasteiger partial charge in [-0.05, 0) is 38.3 Å². The summed E-state index contributed by atoms with van der Waals surface area (Å²) in [5.41, 5.74) is 7.01. The van der Waals surface area contributed by atoms with Gasteiger partial charge < -0.3 is 16.0 Å². The van der Waals surface area contributed by atoms with E-state index >= 15 is 0 Å². The van der Waals surface area contributed by atoms with Crippen molar-refractivity contribution in [2.24, 2.45) is 5.73 Å². The summed E-state index contributed by atoms with van der Waals surface area (Å²) in [5, 5.41) is 3.68. The van der Waals surface area contributed by atoms with Crippen molar-refractivity contribution in [2.45, 2.75) is 32.2 Å². The summed E-state index contributed by atoms with van der Waals surface area (Å²) in [4.78, 5) is 14.6. The maximum atomic E-state index is 12.4. The molecule has 1 aliphatic rings. The summed E-state index contributed by atoms with van der Waals surface area (Å²) in [6.07, 6.45) is 3.35. The minimum atomic E-state index is -0.338. The molecule has 0 bridgehead atoms. The Labute approximate surface area is 135 Å². The number of hydrogen-bond donors (Lipinski definition) is 2. The molecule has 1 saturated heterocycles. The van der Waals surface area contributed by atoms with Gasteiger partial charge in [-0.3, -0.25) is 4.79 Å². The summed E-state index contributed by atoms with van der Waals surface area (Å²) in [6, 6.07) is 5.04. The fourth-order valence-electron chi connectivity index (χ4n) is 2.58. The van der Waals surface area contributed by atoms with Gasteiger partial charge in [0, 0.05) is 18.8 Å². The topological polar surface area (TPSA) is 58.4 Å². The van der Waals surface area contributed by atoms with Crippen molar-refractivity contribution < 1.29 is 4.79 Å². The van der Waals surface area contributed by atoms with Crippen LogP contribution >= 0.6 is 23.8 Å².